The fraction of sp³-hybridized carbons (Fsp3) is 0.462. The Morgan fingerprint density at radius 1 is 1.35 bits per heavy atom. The van der Waals surface area contributed by atoms with Crippen molar-refractivity contribution in [2.45, 2.75) is 37.3 Å². The molecule has 2 aliphatic carbocycles. The number of nitrogens with one attached hydrogen (secondary N) is 2. The molecule has 90 valence electrons. The molecule has 1 aromatic rings. The summed E-state index contributed by atoms with van der Waals surface area (Å²) in [7, 11) is 0. The Morgan fingerprint density at radius 2 is 2.12 bits per heavy atom. The Kier molecular flexibility index (Phi) is 2.24. The molecule has 0 saturated heterocycles. The molecule has 2 amide bonds. The monoisotopic (exact) mass is 231 g/mol. The molecule has 0 unspecified atom stereocenters. The van der Waals surface area contributed by atoms with E-state index in [1.807, 2.05) is 24.3 Å². The van der Waals surface area contributed by atoms with Gasteiger partial charge in [0.2, 0.25) is 0 Å². The van der Waals surface area contributed by atoms with Crippen LogP contribution in [0.5, 0.6) is 0 Å². The minimum Gasteiger partial charge on any atom is -0.399 e. The van der Waals surface area contributed by atoms with Crippen molar-refractivity contribution in [3.63, 3.8) is 0 Å². The molecule has 4 nitrogen and oxygen atoms in total. The van der Waals surface area contributed by atoms with Gasteiger partial charge in [-0.15, -0.1) is 0 Å². The molecule has 0 spiro atoms. The van der Waals surface area contributed by atoms with Crippen molar-refractivity contribution in [2.75, 3.05) is 5.73 Å². The second-order valence-electron chi connectivity index (χ2n) is 5.08. The zero-order valence-corrected chi connectivity index (χ0v) is 9.70. The Bertz CT molecular complexity index is 450. The molecule has 17 heavy (non-hydrogen) atoms. The van der Waals surface area contributed by atoms with Crippen molar-refractivity contribution in [3.8, 4) is 0 Å². The van der Waals surface area contributed by atoms with Gasteiger partial charge in [0.1, 0.15) is 0 Å². The zero-order chi connectivity index (χ0) is 11.9. The van der Waals surface area contributed by atoms with Crippen LogP contribution in [0.25, 0.3) is 0 Å². The van der Waals surface area contributed by atoms with Gasteiger partial charge in [-0.3, -0.25) is 0 Å². The predicted octanol–water partition coefficient (Wildman–Crippen LogP) is 1.72. The number of hydrogen-bond acceptors (Lipinski definition) is 2. The minimum absolute atomic E-state index is 0.0487. The third-order valence-electron chi connectivity index (χ3n) is 3.45. The van der Waals surface area contributed by atoms with Crippen LogP contribution in [0.4, 0.5) is 10.5 Å². The van der Waals surface area contributed by atoms with Crippen LogP contribution in [0.2, 0.25) is 0 Å². The molecule has 4 heteroatoms. The van der Waals surface area contributed by atoms with Crippen molar-refractivity contribution in [1.29, 1.82) is 0 Å². The molecule has 0 heterocycles. The quantitative estimate of drug-likeness (QED) is 0.693. The van der Waals surface area contributed by atoms with Crippen LogP contribution in [0, 0.1) is 0 Å². The van der Waals surface area contributed by atoms with Crippen LogP contribution in [0.1, 0.15) is 31.2 Å². The lowest BCUT2D eigenvalue weighted by atomic mass is 10.0. The van der Waals surface area contributed by atoms with Gasteiger partial charge in [0.05, 0.1) is 5.54 Å². The van der Waals surface area contributed by atoms with Gasteiger partial charge in [-0.05, 0) is 43.4 Å². The molecule has 2 saturated carbocycles. The topological polar surface area (TPSA) is 67.1 Å². The van der Waals surface area contributed by atoms with Crippen LogP contribution >= 0.6 is 0 Å². The highest BCUT2D eigenvalue weighted by Gasteiger charge is 2.46. The molecular formula is C13H17N3O. The number of anilines is 1. The third-order valence-corrected chi connectivity index (χ3v) is 3.45. The summed E-state index contributed by atoms with van der Waals surface area (Å²) in [6.07, 6.45) is 4.21. The summed E-state index contributed by atoms with van der Waals surface area (Å²) in [4.78, 5) is 11.8. The molecule has 4 N–H and O–H groups in total. The van der Waals surface area contributed by atoms with E-state index in [1.165, 1.54) is 0 Å². The van der Waals surface area contributed by atoms with Crippen molar-refractivity contribution >= 4 is 11.7 Å². The summed E-state index contributed by atoms with van der Waals surface area (Å²) < 4.78 is 0. The number of amides is 2. The van der Waals surface area contributed by atoms with Gasteiger partial charge in [0.15, 0.2) is 0 Å². The Hall–Kier alpha value is -1.71. The van der Waals surface area contributed by atoms with E-state index in [1.54, 1.807) is 0 Å². The van der Waals surface area contributed by atoms with Crippen LogP contribution in [-0.4, -0.2) is 12.1 Å². The average Bonchev–Trinajstić information content (AvgIpc) is 3.15. The lowest BCUT2D eigenvalue weighted by Gasteiger charge is -2.18. The fourth-order valence-electron chi connectivity index (χ4n) is 2.11. The van der Waals surface area contributed by atoms with E-state index in [0.717, 1.165) is 36.9 Å². The minimum atomic E-state index is -0.172. The Labute approximate surface area is 101 Å². The summed E-state index contributed by atoms with van der Waals surface area (Å²) in [6.45, 7) is 0. The van der Waals surface area contributed by atoms with Gasteiger partial charge in [-0.25, -0.2) is 4.79 Å². The number of rotatable bonds is 3. The van der Waals surface area contributed by atoms with Gasteiger partial charge >= 0.3 is 6.03 Å². The lowest BCUT2D eigenvalue weighted by Crippen LogP contribution is -2.43. The van der Waals surface area contributed by atoms with Crippen LogP contribution < -0.4 is 16.4 Å². The van der Waals surface area contributed by atoms with Crippen LogP contribution in [0.15, 0.2) is 24.3 Å². The van der Waals surface area contributed by atoms with E-state index in [-0.39, 0.29) is 11.6 Å². The van der Waals surface area contributed by atoms with E-state index in [4.69, 9.17) is 5.73 Å². The first-order chi connectivity index (χ1) is 8.18. The highest BCUT2D eigenvalue weighted by atomic mass is 16.2. The number of hydrogen-bond donors (Lipinski definition) is 3. The normalized spacial score (nSPS) is 20.7. The molecule has 0 bridgehead atoms. The Balaban J connectivity index is 1.70. The molecule has 0 aliphatic heterocycles. The second-order valence-corrected chi connectivity index (χ2v) is 5.08. The zero-order valence-electron chi connectivity index (χ0n) is 9.70. The summed E-state index contributed by atoms with van der Waals surface area (Å²) in [5.74, 6) is 0. The SMILES string of the molecule is Nc1cccc(C2(NC(=O)NC3CC3)CC2)c1. The van der Waals surface area contributed by atoms with Crippen LogP contribution in [0.3, 0.4) is 0 Å². The third kappa shape index (κ3) is 2.20. The number of urea groups is 1. The number of carbonyl (C=O) groups is 1. The second kappa shape index (κ2) is 3.65. The van der Waals surface area contributed by atoms with E-state index in [9.17, 15) is 4.79 Å². The summed E-state index contributed by atoms with van der Waals surface area (Å²) in [6, 6.07) is 8.12. The van der Waals surface area contributed by atoms with E-state index >= 15 is 0 Å². The van der Waals surface area contributed by atoms with Crippen LogP contribution in [-0.2, 0) is 5.54 Å². The van der Waals surface area contributed by atoms with E-state index in [2.05, 4.69) is 10.6 Å². The standard InChI is InChI=1S/C13H17N3O/c14-10-3-1-2-9(8-10)13(6-7-13)16-12(17)15-11-4-5-11/h1-3,8,11H,4-7,14H2,(H2,15,16,17). The van der Waals surface area contributed by atoms with Gasteiger partial charge in [0.25, 0.3) is 0 Å². The first-order valence-electron chi connectivity index (χ1n) is 6.13. The highest BCUT2D eigenvalue weighted by Crippen LogP contribution is 2.45. The maximum Gasteiger partial charge on any atom is 0.315 e. The van der Waals surface area contributed by atoms with Crippen molar-refractivity contribution in [2.24, 2.45) is 0 Å². The summed E-state index contributed by atoms with van der Waals surface area (Å²) in [5.41, 5.74) is 7.47. The molecule has 0 radical (unpaired) electrons. The number of benzene rings is 1. The van der Waals surface area contributed by atoms with Crippen molar-refractivity contribution in [1.82, 2.24) is 10.6 Å². The Morgan fingerprint density at radius 3 is 2.71 bits per heavy atom. The maximum atomic E-state index is 11.8. The molecule has 1 aromatic carbocycles. The summed E-state index contributed by atoms with van der Waals surface area (Å²) >= 11 is 0. The van der Waals surface area contributed by atoms with Crippen molar-refractivity contribution < 1.29 is 4.79 Å². The van der Waals surface area contributed by atoms with Gasteiger partial charge < -0.3 is 16.4 Å². The predicted molar refractivity (Wildman–Crippen MR) is 66.5 cm³/mol. The number of carbonyl (C=O) groups excluding carboxylic acids is 1. The number of nitrogens with two attached hydrogens (primary N) is 1. The molecular weight excluding hydrogens is 214 g/mol. The molecule has 3 rings (SSSR count). The maximum absolute atomic E-state index is 11.8. The fourth-order valence-corrected chi connectivity index (χ4v) is 2.11. The first kappa shape index (κ1) is 10.4. The summed E-state index contributed by atoms with van der Waals surface area (Å²) in [5, 5.41) is 6.03. The highest BCUT2D eigenvalue weighted by molar-refractivity contribution is 5.76. The van der Waals surface area contributed by atoms with Gasteiger partial charge in [0, 0.05) is 11.7 Å². The lowest BCUT2D eigenvalue weighted by molar-refractivity contribution is 0.235. The van der Waals surface area contributed by atoms with Crippen molar-refractivity contribution in [3.05, 3.63) is 29.8 Å². The van der Waals surface area contributed by atoms with Gasteiger partial charge in [-0.1, -0.05) is 12.1 Å². The largest absolute Gasteiger partial charge is 0.399 e. The molecule has 2 fully saturated rings. The van der Waals surface area contributed by atoms with Gasteiger partial charge in [-0.2, -0.15) is 0 Å². The van der Waals surface area contributed by atoms with E-state index < -0.39 is 0 Å². The molecule has 0 aromatic heterocycles. The first-order valence-corrected chi connectivity index (χ1v) is 6.13. The smallest absolute Gasteiger partial charge is 0.315 e. The molecule has 2 aliphatic rings. The number of nitrogen functional groups attached to an aromatic ring is 1. The molecule has 0 atom stereocenters. The van der Waals surface area contributed by atoms with E-state index in [0.29, 0.717) is 6.04 Å². The average molecular weight is 231 g/mol.